The number of carbonyl (C=O) groups is 1. The first kappa shape index (κ1) is 17.7. The first-order chi connectivity index (χ1) is 11.6. The van der Waals surface area contributed by atoms with Crippen LogP contribution in [0.25, 0.3) is 11.6 Å². The molecule has 1 aliphatic heterocycles. The summed E-state index contributed by atoms with van der Waals surface area (Å²) >= 11 is 1.44. The van der Waals surface area contributed by atoms with Crippen molar-refractivity contribution in [2.24, 2.45) is 0 Å². The van der Waals surface area contributed by atoms with Gasteiger partial charge in [0.25, 0.3) is 0 Å². The molecule has 3 rings (SSSR count). The second-order valence-electron chi connectivity index (χ2n) is 8.21. The van der Waals surface area contributed by atoms with Crippen LogP contribution in [0.1, 0.15) is 56.2 Å². The molecule has 1 N–H and O–H groups in total. The summed E-state index contributed by atoms with van der Waals surface area (Å²) in [5.41, 5.74) is 3.35. The standard InChI is InChI=1S/C21H24O3S/c1-20(2,3)15-10-13(11-16-18(15)24-12-21(16,4)5)9-14(19(22)23)17-7-6-8-25-17/h6-11H,12H2,1-5H3,(H,22,23)/b14-9+. The van der Waals surface area contributed by atoms with Crippen LogP contribution in [0.5, 0.6) is 5.75 Å². The lowest BCUT2D eigenvalue weighted by molar-refractivity contribution is -0.130. The summed E-state index contributed by atoms with van der Waals surface area (Å²) in [7, 11) is 0. The molecule has 0 aliphatic carbocycles. The smallest absolute Gasteiger partial charge is 0.337 e. The topological polar surface area (TPSA) is 46.5 Å². The van der Waals surface area contributed by atoms with E-state index in [-0.39, 0.29) is 10.8 Å². The van der Waals surface area contributed by atoms with Crippen molar-refractivity contribution < 1.29 is 14.6 Å². The van der Waals surface area contributed by atoms with Gasteiger partial charge in [0, 0.05) is 21.4 Å². The maximum Gasteiger partial charge on any atom is 0.337 e. The van der Waals surface area contributed by atoms with Crippen molar-refractivity contribution in [2.75, 3.05) is 6.61 Å². The molecule has 0 amide bonds. The fraction of sp³-hybridized carbons (Fsp3) is 0.381. The summed E-state index contributed by atoms with van der Waals surface area (Å²) < 4.78 is 6.02. The molecular weight excluding hydrogens is 332 g/mol. The van der Waals surface area contributed by atoms with E-state index in [2.05, 4.69) is 46.8 Å². The van der Waals surface area contributed by atoms with Crippen LogP contribution >= 0.6 is 11.3 Å². The molecule has 0 spiro atoms. The number of benzene rings is 1. The Labute approximate surface area is 153 Å². The van der Waals surface area contributed by atoms with Gasteiger partial charge in [-0.05, 0) is 40.6 Å². The van der Waals surface area contributed by atoms with Crippen LogP contribution in [0.4, 0.5) is 0 Å². The molecule has 1 aromatic heterocycles. The summed E-state index contributed by atoms with van der Waals surface area (Å²) in [5.74, 6) is 0.0541. The van der Waals surface area contributed by atoms with Gasteiger partial charge in [0.2, 0.25) is 0 Å². The van der Waals surface area contributed by atoms with Gasteiger partial charge in [-0.2, -0.15) is 0 Å². The van der Waals surface area contributed by atoms with E-state index in [1.165, 1.54) is 11.3 Å². The Bertz CT molecular complexity index is 837. The number of carboxylic acid groups (broad SMARTS) is 1. The van der Waals surface area contributed by atoms with Gasteiger partial charge in [-0.25, -0.2) is 4.79 Å². The summed E-state index contributed by atoms with van der Waals surface area (Å²) in [5, 5.41) is 11.5. The van der Waals surface area contributed by atoms with Crippen molar-refractivity contribution in [3.8, 4) is 5.75 Å². The predicted molar refractivity (Wildman–Crippen MR) is 103 cm³/mol. The van der Waals surface area contributed by atoms with Crippen LogP contribution in [0.3, 0.4) is 0 Å². The van der Waals surface area contributed by atoms with Crippen molar-refractivity contribution in [1.82, 2.24) is 0 Å². The van der Waals surface area contributed by atoms with Gasteiger partial charge in [-0.1, -0.05) is 40.7 Å². The molecule has 3 nitrogen and oxygen atoms in total. The zero-order valence-corrected chi connectivity index (χ0v) is 16.2. The average molecular weight is 356 g/mol. The largest absolute Gasteiger partial charge is 0.492 e. The number of carboxylic acids is 1. The van der Waals surface area contributed by atoms with E-state index in [1.54, 1.807) is 6.08 Å². The molecule has 2 aromatic rings. The van der Waals surface area contributed by atoms with Crippen molar-refractivity contribution in [3.05, 3.63) is 51.2 Å². The molecule has 0 bridgehead atoms. The molecule has 1 aliphatic rings. The minimum absolute atomic E-state index is 0.0779. The van der Waals surface area contributed by atoms with Crippen molar-refractivity contribution in [2.45, 2.75) is 45.4 Å². The summed E-state index contributed by atoms with van der Waals surface area (Å²) in [4.78, 5) is 12.5. The maximum atomic E-state index is 11.8. The van der Waals surface area contributed by atoms with Gasteiger partial charge in [-0.15, -0.1) is 11.3 Å². The molecule has 1 aromatic carbocycles. The average Bonchev–Trinajstić information content (AvgIpc) is 3.12. The van der Waals surface area contributed by atoms with Gasteiger partial charge in [0.05, 0.1) is 12.2 Å². The van der Waals surface area contributed by atoms with Crippen LogP contribution in [0, 0.1) is 0 Å². The highest BCUT2D eigenvalue weighted by atomic mass is 32.1. The van der Waals surface area contributed by atoms with Crippen molar-refractivity contribution in [3.63, 3.8) is 0 Å². The number of thiophene rings is 1. The summed E-state index contributed by atoms with van der Waals surface area (Å²) in [6, 6.07) is 7.86. The van der Waals surface area contributed by atoms with E-state index >= 15 is 0 Å². The van der Waals surface area contributed by atoms with Gasteiger partial charge in [0.15, 0.2) is 0 Å². The van der Waals surface area contributed by atoms with Crippen molar-refractivity contribution in [1.29, 1.82) is 0 Å². The summed E-state index contributed by atoms with van der Waals surface area (Å²) in [6.07, 6.45) is 1.78. The molecule has 132 valence electrons. The number of rotatable bonds is 3. The lowest BCUT2D eigenvalue weighted by Crippen LogP contribution is -2.18. The van der Waals surface area contributed by atoms with E-state index in [0.717, 1.165) is 27.3 Å². The maximum absolute atomic E-state index is 11.8. The zero-order chi connectivity index (χ0) is 18.4. The molecule has 0 saturated heterocycles. The summed E-state index contributed by atoms with van der Waals surface area (Å²) in [6.45, 7) is 11.4. The molecule has 25 heavy (non-hydrogen) atoms. The zero-order valence-electron chi connectivity index (χ0n) is 15.3. The second kappa shape index (κ2) is 6.03. The highest BCUT2D eigenvalue weighted by Gasteiger charge is 2.36. The van der Waals surface area contributed by atoms with Crippen molar-refractivity contribution >= 4 is 29.0 Å². The number of ether oxygens (including phenoxy) is 1. The number of fused-ring (bicyclic) bond motifs is 1. The molecular formula is C21H24O3S. The number of hydrogen-bond acceptors (Lipinski definition) is 3. The van der Waals surface area contributed by atoms with E-state index in [4.69, 9.17) is 4.74 Å². The Balaban J connectivity index is 2.21. The molecule has 4 heteroatoms. The Morgan fingerprint density at radius 1 is 1.32 bits per heavy atom. The highest BCUT2D eigenvalue weighted by Crippen LogP contribution is 2.45. The molecule has 0 unspecified atom stereocenters. The monoisotopic (exact) mass is 356 g/mol. The van der Waals surface area contributed by atoms with Gasteiger partial charge >= 0.3 is 5.97 Å². The molecule has 0 radical (unpaired) electrons. The lowest BCUT2D eigenvalue weighted by atomic mass is 9.79. The SMILES string of the molecule is CC(C)(C)c1cc(/C=C(/C(=O)O)c2cccs2)cc2c1OCC2(C)C. The Morgan fingerprint density at radius 3 is 2.60 bits per heavy atom. The molecule has 0 atom stereocenters. The van der Waals surface area contributed by atoms with Gasteiger partial charge in [0.1, 0.15) is 5.75 Å². The van der Waals surface area contributed by atoms with Crippen LogP contribution in [0.15, 0.2) is 29.6 Å². The third-order valence-electron chi connectivity index (χ3n) is 4.55. The van der Waals surface area contributed by atoms with Crippen LogP contribution in [0.2, 0.25) is 0 Å². The third-order valence-corrected chi connectivity index (χ3v) is 5.46. The van der Waals surface area contributed by atoms with E-state index in [9.17, 15) is 9.90 Å². The quantitative estimate of drug-likeness (QED) is 0.755. The van der Waals surface area contributed by atoms with Crippen LogP contribution < -0.4 is 4.74 Å². The van der Waals surface area contributed by atoms with Gasteiger partial charge in [-0.3, -0.25) is 0 Å². The minimum atomic E-state index is -0.907. The minimum Gasteiger partial charge on any atom is -0.492 e. The number of hydrogen-bond donors (Lipinski definition) is 1. The fourth-order valence-electron chi connectivity index (χ4n) is 3.12. The predicted octanol–water partition coefficient (Wildman–Crippen LogP) is 5.34. The first-order valence-electron chi connectivity index (χ1n) is 8.40. The first-order valence-corrected chi connectivity index (χ1v) is 9.28. The molecule has 0 saturated carbocycles. The Kier molecular flexibility index (Phi) is 4.28. The van der Waals surface area contributed by atoms with E-state index in [1.807, 2.05) is 17.5 Å². The molecule has 2 heterocycles. The Morgan fingerprint density at radius 2 is 2.04 bits per heavy atom. The van der Waals surface area contributed by atoms with Crippen LogP contribution in [-0.2, 0) is 15.6 Å². The Hall–Kier alpha value is -2.07. The van der Waals surface area contributed by atoms with E-state index < -0.39 is 5.97 Å². The van der Waals surface area contributed by atoms with E-state index in [0.29, 0.717) is 12.2 Å². The third kappa shape index (κ3) is 3.36. The van der Waals surface area contributed by atoms with Gasteiger partial charge < -0.3 is 9.84 Å². The second-order valence-corrected chi connectivity index (χ2v) is 9.16. The van der Waals surface area contributed by atoms with Crippen LogP contribution in [-0.4, -0.2) is 17.7 Å². The fourth-order valence-corrected chi connectivity index (χ4v) is 3.85. The normalized spacial score (nSPS) is 16.4. The number of aliphatic carboxylic acids is 1. The highest BCUT2D eigenvalue weighted by molar-refractivity contribution is 7.11. The molecule has 0 fully saturated rings. The lowest BCUT2D eigenvalue weighted by Gasteiger charge is -2.23.